The Bertz CT molecular complexity index is 930. The lowest BCUT2D eigenvalue weighted by molar-refractivity contribution is -0.140. The molecule has 0 spiro atoms. The second kappa shape index (κ2) is 11.9. The molecule has 0 aliphatic heterocycles. The van der Waals surface area contributed by atoms with Crippen LogP contribution in [0.1, 0.15) is 45.2 Å². The van der Waals surface area contributed by atoms with Gasteiger partial charge in [-0.2, -0.15) is 0 Å². The maximum atomic E-state index is 13.9. The lowest BCUT2D eigenvalue weighted by atomic mass is 10.1. The molecule has 2 amide bonds. The molecule has 0 radical (unpaired) electrons. The Morgan fingerprint density at radius 2 is 1.72 bits per heavy atom. The van der Waals surface area contributed by atoms with Crippen molar-refractivity contribution >= 4 is 46.8 Å². The smallest absolute Gasteiger partial charge is 0.243 e. The molecule has 32 heavy (non-hydrogen) atoms. The van der Waals surface area contributed by atoms with Gasteiger partial charge in [-0.15, -0.1) is 11.8 Å². The number of rotatable bonds is 9. The summed E-state index contributed by atoms with van der Waals surface area (Å²) in [5.74, 6) is -0.336. The Kier molecular flexibility index (Phi) is 9.86. The van der Waals surface area contributed by atoms with Crippen molar-refractivity contribution in [1.29, 1.82) is 0 Å². The van der Waals surface area contributed by atoms with Crippen LogP contribution in [0, 0.1) is 5.82 Å². The molecule has 0 aromatic heterocycles. The summed E-state index contributed by atoms with van der Waals surface area (Å²) < 4.78 is 13.9. The molecule has 174 valence electrons. The molecule has 4 nitrogen and oxygen atoms in total. The van der Waals surface area contributed by atoms with Crippen LogP contribution in [0.15, 0.2) is 42.5 Å². The van der Waals surface area contributed by atoms with E-state index in [1.807, 2.05) is 27.7 Å². The standard InChI is InChI=1S/C24H29Cl2FN2O2S/c1-5-21(23(31)28-24(2,3)4)29(13-17-18(25)10-8-11-19(17)26)22(30)15-32-14-16-9-6-7-12-20(16)27/h6-12,21H,5,13-15H2,1-4H3,(H,28,31)/t21-/m0/s1. The van der Waals surface area contributed by atoms with E-state index in [-0.39, 0.29) is 29.9 Å². The van der Waals surface area contributed by atoms with Gasteiger partial charge in [-0.25, -0.2) is 4.39 Å². The van der Waals surface area contributed by atoms with E-state index in [1.54, 1.807) is 36.4 Å². The van der Waals surface area contributed by atoms with Crippen LogP contribution in [0.2, 0.25) is 10.0 Å². The second-order valence-electron chi connectivity index (χ2n) is 8.47. The van der Waals surface area contributed by atoms with Gasteiger partial charge in [0.15, 0.2) is 0 Å². The van der Waals surface area contributed by atoms with E-state index < -0.39 is 11.6 Å². The largest absolute Gasteiger partial charge is 0.350 e. The first-order valence-electron chi connectivity index (χ1n) is 10.4. The maximum absolute atomic E-state index is 13.9. The Labute approximate surface area is 203 Å². The SMILES string of the molecule is CC[C@@H](C(=O)NC(C)(C)C)N(Cc1c(Cl)cccc1Cl)C(=O)CSCc1ccccc1F. The van der Waals surface area contributed by atoms with E-state index in [9.17, 15) is 14.0 Å². The predicted octanol–water partition coefficient (Wildman–Crippen LogP) is 6.09. The average molecular weight is 499 g/mol. The van der Waals surface area contributed by atoms with Gasteiger partial charge in [-0.05, 0) is 51.0 Å². The zero-order valence-corrected chi connectivity index (χ0v) is 21.1. The number of halogens is 3. The molecule has 8 heteroatoms. The number of hydrogen-bond donors (Lipinski definition) is 1. The van der Waals surface area contributed by atoms with Crippen molar-refractivity contribution < 1.29 is 14.0 Å². The summed E-state index contributed by atoms with van der Waals surface area (Å²) in [5.41, 5.74) is 0.676. The van der Waals surface area contributed by atoms with E-state index >= 15 is 0 Å². The van der Waals surface area contributed by atoms with E-state index in [0.717, 1.165) is 0 Å². The first-order valence-corrected chi connectivity index (χ1v) is 12.3. The first kappa shape index (κ1) is 26.5. The van der Waals surface area contributed by atoms with Crippen LogP contribution in [0.3, 0.4) is 0 Å². The molecule has 0 saturated carbocycles. The topological polar surface area (TPSA) is 49.4 Å². The fraction of sp³-hybridized carbons (Fsp3) is 0.417. The van der Waals surface area contributed by atoms with Crippen LogP contribution in [-0.2, 0) is 21.9 Å². The molecule has 1 N–H and O–H groups in total. The van der Waals surface area contributed by atoms with Crippen LogP contribution in [-0.4, -0.2) is 34.0 Å². The summed E-state index contributed by atoms with van der Waals surface area (Å²) in [7, 11) is 0. The maximum Gasteiger partial charge on any atom is 0.243 e. The van der Waals surface area contributed by atoms with Gasteiger partial charge >= 0.3 is 0 Å². The minimum absolute atomic E-state index is 0.0930. The molecule has 0 aliphatic carbocycles. The number of hydrogen-bond acceptors (Lipinski definition) is 3. The molecule has 0 aliphatic rings. The zero-order chi connectivity index (χ0) is 23.9. The molecule has 2 aromatic carbocycles. The molecule has 2 aromatic rings. The van der Waals surface area contributed by atoms with E-state index in [4.69, 9.17) is 23.2 Å². The molecule has 1 atom stereocenters. The van der Waals surface area contributed by atoms with Gasteiger partial charge in [0, 0.05) is 33.4 Å². The molecular weight excluding hydrogens is 470 g/mol. The Morgan fingerprint density at radius 1 is 1.09 bits per heavy atom. The summed E-state index contributed by atoms with van der Waals surface area (Å²) in [5, 5.41) is 3.82. The third-order valence-corrected chi connectivity index (χ3v) is 6.39. The monoisotopic (exact) mass is 498 g/mol. The van der Waals surface area contributed by atoms with Gasteiger partial charge in [-0.1, -0.05) is 54.4 Å². The molecular formula is C24H29Cl2FN2O2S. The summed E-state index contributed by atoms with van der Waals surface area (Å²) in [6, 6.07) is 10.9. The number of amides is 2. The van der Waals surface area contributed by atoms with Crippen LogP contribution in [0.25, 0.3) is 0 Å². The normalized spacial score (nSPS) is 12.3. The molecule has 0 unspecified atom stereocenters. The highest BCUT2D eigenvalue weighted by Crippen LogP contribution is 2.27. The first-order chi connectivity index (χ1) is 15.0. The predicted molar refractivity (Wildman–Crippen MR) is 132 cm³/mol. The minimum atomic E-state index is -0.692. The van der Waals surface area contributed by atoms with Crippen molar-refractivity contribution in [3.05, 3.63) is 69.5 Å². The van der Waals surface area contributed by atoms with Crippen molar-refractivity contribution in [2.75, 3.05) is 5.75 Å². The Balaban J connectivity index is 2.24. The van der Waals surface area contributed by atoms with Crippen molar-refractivity contribution in [2.24, 2.45) is 0 Å². The fourth-order valence-corrected chi connectivity index (χ4v) is 4.59. The summed E-state index contributed by atoms with van der Waals surface area (Å²) in [4.78, 5) is 27.8. The van der Waals surface area contributed by atoms with Gasteiger partial charge < -0.3 is 10.2 Å². The van der Waals surface area contributed by atoms with Gasteiger partial charge in [0.2, 0.25) is 11.8 Å². The Morgan fingerprint density at radius 3 is 2.28 bits per heavy atom. The van der Waals surface area contributed by atoms with E-state index in [0.29, 0.717) is 33.3 Å². The Hall–Kier alpha value is -1.76. The summed E-state index contributed by atoms with van der Waals surface area (Å²) in [6.45, 7) is 7.62. The molecule has 0 fully saturated rings. The lowest BCUT2D eigenvalue weighted by Gasteiger charge is -2.33. The molecule has 0 bridgehead atoms. The van der Waals surface area contributed by atoms with Gasteiger partial charge in [0.1, 0.15) is 11.9 Å². The number of benzene rings is 2. The van der Waals surface area contributed by atoms with Gasteiger partial charge in [0.05, 0.1) is 5.75 Å². The van der Waals surface area contributed by atoms with Crippen LogP contribution in [0.5, 0.6) is 0 Å². The summed E-state index contributed by atoms with van der Waals surface area (Å²) in [6.07, 6.45) is 0.424. The highest BCUT2D eigenvalue weighted by molar-refractivity contribution is 7.99. The van der Waals surface area contributed by atoms with Gasteiger partial charge in [0.25, 0.3) is 0 Å². The van der Waals surface area contributed by atoms with Crippen LogP contribution < -0.4 is 5.32 Å². The number of carbonyl (C=O) groups is 2. The highest BCUT2D eigenvalue weighted by Gasteiger charge is 2.31. The third-order valence-electron chi connectivity index (χ3n) is 4.72. The third kappa shape index (κ3) is 7.68. The van der Waals surface area contributed by atoms with Crippen molar-refractivity contribution in [3.63, 3.8) is 0 Å². The van der Waals surface area contributed by atoms with E-state index in [2.05, 4.69) is 5.32 Å². The zero-order valence-electron chi connectivity index (χ0n) is 18.8. The molecule has 0 heterocycles. The minimum Gasteiger partial charge on any atom is -0.350 e. The van der Waals surface area contributed by atoms with Crippen molar-refractivity contribution in [3.8, 4) is 0 Å². The lowest BCUT2D eigenvalue weighted by Crippen LogP contribution is -2.53. The second-order valence-corrected chi connectivity index (χ2v) is 10.3. The fourth-order valence-electron chi connectivity index (χ4n) is 3.17. The molecule has 2 rings (SSSR count). The highest BCUT2D eigenvalue weighted by atomic mass is 35.5. The number of nitrogens with zero attached hydrogens (tertiary/aromatic N) is 1. The van der Waals surface area contributed by atoms with Gasteiger partial charge in [-0.3, -0.25) is 9.59 Å². The number of thioether (sulfide) groups is 1. The number of carbonyl (C=O) groups excluding carboxylic acids is 2. The quantitative estimate of drug-likeness (QED) is 0.455. The van der Waals surface area contributed by atoms with Crippen molar-refractivity contribution in [1.82, 2.24) is 10.2 Å². The molecule has 0 saturated heterocycles. The number of nitrogens with one attached hydrogen (secondary N) is 1. The van der Waals surface area contributed by atoms with Crippen LogP contribution in [0.4, 0.5) is 4.39 Å². The van der Waals surface area contributed by atoms with E-state index in [1.165, 1.54) is 22.7 Å². The van der Waals surface area contributed by atoms with Crippen LogP contribution >= 0.6 is 35.0 Å². The average Bonchev–Trinajstić information content (AvgIpc) is 2.70. The summed E-state index contributed by atoms with van der Waals surface area (Å²) >= 11 is 14.0. The van der Waals surface area contributed by atoms with Crippen molar-refractivity contribution in [2.45, 2.75) is 58.0 Å².